The number of halogens is 7. The third-order valence-corrected chi connectivity index (χ3v) is 9.14. The summed E-state index contributed by atoms with van der Waals surface area (Å²) in [4.78, 5) is 50.6. The lowest BCUT2D eigenvalue weighted by Crippen LogP contribution is -2.52. The molecule has 2 aliphatic rings. The lowest BCUT2D eigenvalue weighted by molar-refractivity contribution is -0.138. The number of primary amides is 1. The van der Waals surface area contributed by atoms with Crippen LogP contribution in [-0.2, 0) is 24.3 Å². The Labute approximate surface area is 284 Å². The van der Waals surface area contributed by atoms with Gasteiger partial charge in [-0.25, -0.2) is 14.4 Å². The molecule has 0 saturated carbocycles. The summed E-state index contributed by atoms with van der Waals surface area (Å²) in [5, 5.41) is 11.7. The zero-order valence-electron chi connectivity index (χ0n) is 26.3. The molecule has 5 heterocycles. The van der Waals surface area contributed by atoms with Crippen molar-refractivity contribution in [1.29, 1.82) is 0 Å². The van der Waals surface area contributed by atoms with Crippen molar-refractivity contribution < 1.29 is 41.0 Å². The fraction of sp³-hybridized carbons (Fsp3) is 0.387. The number of carbonyl (C=O) groups excluding carboxylic acids is 2. The number of phenols is 1. The number of hydrogen-bond acceptors (Lipinski definition) is 8. The number of aromatic nitrogens is 4. The Bertz CT molecular complexity index is 2100. The SMILES string of the molecule is C[C@H]1CN(CCC(F)(F)F)CCN1c1cc(NC(=O)Cn2cc(-c3cc(C(N)=O)c(O)c(F)c3F)c3c(=O)n4c(nc32)CCC4)c(Cl)c(F)n1. The van der Waals surface area contributed by atoms with Crippen LogP contribution < -0.4 is 21.5 Å². The van der Waals surface area contributed by atoms with Gasteiger partial charge in [-0.3, -0.25) is 23.9 Å². The zero-order chi connectivity index (χ0) is 36.2. The number of amides is 2. The van der Waals surface area contributed by atoms with E-state index in [0.29, 0.717) is 25.2 Å². The number of hydrogen-bond donors (Lipinski definition) is 3. The number of piperazine rings is 1. The van der Waals surface area contributed by atoms with Gasteiger partial charge in [0.05, 0.1) is 23.1 Å². The van der Waals surface area contributed by atoms with Crippen molar-refractivity contribution in [2.24, 2.45) is 5.73 Å². The van der Waals surface area contributed by atoms with E-state index in [0.717, 1.165) is 12.3 Å². The van der Waals surface area contributed by atoms with E-state index in [-0.39, 0.29) is 60.3 Å². The molecule has 0 radical (unpaired) electrons. The molecule has 4 N–H and O–H groups in total. The number of pyridine rings is 1. The number of carbonyl (C=O) groups is 2. The second kappa shape index (κ2) is 13.1. The molecule has 2 aliphatic heterocycles. The summed E-state index contributed by atoms with van der Waals surface area (Å²) in [5.74, 6) is -7.36. The number of alkyl halides is 3. The van der Waals surface area contributed by atoms with Crippen LogP contribution in [0.4, 0.5) is 37.8 Å². The molecule has 12 nitrogen and oxygen atoms in total. The first kappa shape index (κ1) is 35.0. The second-order valence-electron chi connectivity index (χ2n) is 12.2. The van der Waals surface area contributed by atoms with Gasteiger partial charge in [0, 0.05) is 68.6 Å². The first-order chi connectivity index (χ1) is 23.5. The van der Waals surface area contributed by atoms with E-state index in [9.17, 15) is 41.4 Å². The van der Waals surface area contributed by atoms with Gasteiger partial charge in [-0.05, 0) is 19.4 Å². The Hall–Kier alpha value is -4.84. The van der Waals surface area contributed by atoms with E-state index in [1.165, 1.54) is 15.2 Å². The fourth-order valence-electron chi connectivity index (χ4n) is 6.38. The molecule has 1 aromatic carbocycles. The summed E-state index contributed by atoms with van der Waals surface area (Å²) in [6, 6.07) is 1.75. The van der Waals surface area contributed by atoms with Gasteiger partial charge in [0.2, 0.25) is 17.7 Å². The summed E-state index contributed by atoms with van der Waals surface area (Å²) in [6.07, 6.45) is -3.11. The van der Waals surface area contributed by atoms with Gasteiger partial charge in [0.1, 0.15) is 28.9 Å². The lowest BCUT2D eigenvalue weighted by Gasteiger charge is -2.40. The molecule has 1 saturated heterocycles. The van der Waals surface area contributed by atoms with Crippen LogP contribution in [0.3, 0.4) is 0 Å². The van der Waals surface area contributed by atoms with Gasteiger partial charge in [-0.15, -0.1) is 0 Å². The minimum atomic E-state index is -4.30. The number of aromatic hydroxyl groups is 1. The molecule has 266 valence electrons. The van der Waals surface area contributed by atoms with Crippen molar-refractivity contribution in [3.05, 3.63) is 62.7 Å². The highest BCUT2D eigenvalue weighted by Gasteiger charge is 2.32. The van der Waals surface area contributed by atoms with Crippen molar-refractivity contribution in [2.75, 3.05) is 36.4 Å². The molecule has 6 rings (SSSR count). The molecule has 1 atom stereocenters. The summed E-state index contributed by atoms with van der Waals surface area (Å²) < 4.78 is 85.7. The minimum Gasteiger partial charge on any atom is -0.504 e. The maximum Gasteiger partial charge on any atom is 0.390 e. The van der Waals surface area contributed by atoms with E-state index in [1.807, 2.05) is 0 Å². The lowest BCUT2D eigenvalue weighted by atomic mass is 10.0. The largest absolute Gasteiger partial charge is 0.504 e. The number of nitrogens with one attached hydrogen (secondary N) is 1. The number of benzene rings is 1. The van der Waals surface area contributed by atoms with Crippen LogP contribution >= 0.6 is 11.6 Å². The Morgan fingerprint density at radius 3 is 2.52 bits per heavy atom. The van der Waals surface area contributed by atoms with Crippen LogP contribution in [0.25, 0.3) is 22.2 Å². The molecule has 1 fully saturated rings. The van der Waals surface area contributed by atoms with Crippen LogP contribution in [0.2, 0.25) is 5.02 Å². The first-order valence-corrected chi connectivity index (χ1v) is 15.8. The average molecular weight is 727 g/mol. The highest BCUT2D eigenvalue weighted by Crippen LogP contribution is 2.37. The Morgan fingerprint density at radius 2 is 1.84 bits per heavy atom. The molecule has 0 unspecified atom stereocenters. The average Bonchev–Trinajstić information content (AvgIpc) is 3.66. The van der Waals surface area contributed by atoms with Gasteiger partial charge < -0.3 is 25.6 Å². The van der Waals surface area contributed by atoms with Crippen molar-refractivity contribution >= 4 is 46.0 Å². The summed E-state index contributed by atoms with van der Waals surface area (Å²) in [6.45, 7) is 1.98. The van der Waals surface area contributed by atoms with E-state index in [1.54, 1.807) is 16.7 Å². The molecular weight excluding hydrogens is 698 g/mol. The highest BCUT2D eigenvalue weighted by atomic mass is 35.5. The van der Waals surface area contributed by atoms with Crippen LogP contribution in [-0.4, -0.2) is 79.3 Å². The predicted molar refractivity (Wildman–Crippen MR) is 170 cm³/mol. The fourth-order valence-corrected chi connectivity index (χ4v) is 6.53. The monoisotopic (exact) mass is 726 g/mol. The van der Waals surface area contributed by atoms with Crippen LogP contribution in [0, 0.1) is 17.6 Å². The second-order valence-corrected chi connectivity index (χ2v) is 12.5. The molecular formula is C31H29ClF6N8O4. The number of nitrogens with zero attached hydrogens (tertiary/aromatic N) is 6. The van der Waals surface area contributed by atoms with Crippen molar-refractivity contribution in [2.45, 2.75) is 51.5 Å². The normalized spacial score (nSPS) is 16.6. The number of nitrogens with two attached hydrogens (primary N) is 1. The third-order valence-electron chi connectivity index (χ3n) is 8.78. The van der Waals surface area contributed by atoms with E-state index in [2.05, 4.69) is 15.3 Å². The van der Waals surface area contributed by atoms with Gasteiger partial charge in [-0.1, -0.05) is 11.6 Å². The van der Waals surface area contributed by atoms with E-state index in [4.69, 9.17) is 17.3 Å². The maximum absolute atomic E-state index is 15.3. The molecule has 0 spiro atoms. The number of rotatable bonds is 8. The summed E-state index contributed by atoms with van der Waals surface area (Å²) in [5.41, 5.74) is 2.85. The smallest absolute Gasteiger partial charge is 0.390 e. The molecule has 19 heteroatoms. The minimum absolute atomic E-state index is 0.0632. The number of anilines is 2. The van der Waals surface area contributed by atoms with Crippen LogP contribution in [0.15, 0.2) is 23.1 Å². The van der Waals surface area contributed by atoms with Gasteiger partial charge in [-0.2, -0.15) is 22.0 Å². The Balaban J connectivity index is 1.32. The van der Waals surface area contributed by atoms with Crippen LogP contribution in [0.1, 0.15) is 35.9 Å². The first-order valence-electron chi connectivity index (χ1n) is 15.4. The van der Waals surface area contributed by atoms with E-state index < -0.39 is 76.0 Å². The van der Waals surface area contributed by atoms with Crippen molar-refractivity contribution in [3.8, 4) is 16.9 Å². The van der Waals surface area contributed by atoms with Crippen LogP contribution in [0.5, 0.6) is 5.75 Å². The Morgan fingerprint density at radius 1 is 1.10 bits per heavy atom. The van der Waals surface area contributed by atoms with Gasteiger partial charge >= 0.3 is 6.18 Å². The third kappa shape index (κ3) is 6.56. The van der Waals surface area contributed by atoms with E-state index >= 15 is 4.39 Å². The standard InChI is InChI=1S/C31H29ClF6N8O4/c1-14-11-43(6-4-31(36,37)38)7-8-45(14)20-10-18(23(32)27(35)41-20)40-21(47)13-44-12-17(15-9-16(28(39)49)26(48)25(34)24(15)33)22-29(44)42-19-3-2-5-46(19)30(22)50/h9-10,12,14,48H,2-8,11,13H2,1H3,(H2,39,49)(H,40,41,47)/t14-/m0/s1. The molecule has 0 aliphatic carbocycles. The quantitative estimate of drug-likeness (QED) is 0.181. The molecule has 4 aromatic rings. The molecule has 3 aromatic heterocycles. The molecule has 50 heavy (non-hydrogen) atoms. The van der Waals surface area contributed by atoms with Gasteiger partial charge in [0.25, 0.3) is 11.5 Å². The molecule has 0 bridgehead atoms. The zero-order valence-corrected chi connectivity index (χ0v) is 27.0. The summed E-state index contributed by atoms with van der Waals surface area (Å²) >= 11 is 6.16. The van der Waals surface area contributed by atoms with Crippen molar-refractivity contribution in [1.82, 2.24) is 24.0 Å². The Kier molecular flexibility index (Phi) is 9.19. The highest BCUT2D eigenvalue weighted by molar-refractivity contribution is 6.33. The number of fused-ring (bicyclic) bond motifs is 2. The number of aryl methyl sites for hydroxylation is 1. The van der Waals surface area contributed by atoms with Crippen molar-refractivity contribution in [3.63, 3.8) is 0 Å². The predicted octanol–water partition coefficient (Wildman–Crippen LogP) is 4.18. The maximum atomic E-state index is 15.3. The molecule has 2 amide bonds. The topological polar surface area (TPSA) is 152 Å². The van der Waals surface area contributed by atoms with Gasteiger partial charge in [0.15, 0.2) is 11.6 Å². The summed E-state index contributed by atoms with van der Waals surface area (Å²) in [7, 11) is 0.